The molecule has 3 atom stereocenters. The Labute approximate surface area is 203 Å². The molecule has 0 aromatic carbocycles. The molecule has 0 aliphatic carbocycles. The van der Waals surface area contributed by atoms with Crippen molar-refractivity contribution in [3.63, 3.8) is 0 Å². The minimum absolute atomic E-state index is 0.0132. The maximum atomic E-state index is 12.6. The molecule has 2 saturated heterocycles. The highest BCUT2D eigenvalue weighted by atomic mass is 32.1. The van der Waals surface area contributed by atoms with Crippen LogP contribution in [0.25, 0.3) is 0 Å². The Kier molecular flexibility index (Phi) is 6.73. The first-order valence-corrected chi connectivity index (χ1v) is 13.1. The fourth-order valence-electron chi connectivity index (χ4n) is 5.73. The van der Waals surface area contributed by atoms with Crippen LogP contribution in [-0.2, 0) is 11.3 Å². The number of tetrazole rings is 1. The molecule has 0 radical (unpaired) electrons. The topological polar surface area (TPSA) is 107 Å². The van der Waals surface area contributed by atoms with Gasteiger partial charge < -0.3 is 9.88 Å². The normalized spacial score (nSPS) is 23.5. The first-order valence-electron chi connectivity index (χ1n) is 12.2. The van der Waals surface area contributed by atoms with E-state index >= 15 is 0 Å². The lowest BCUT2D eigenvalue weighted by molar-refractivity contribution is -0.122. The number of nitrogens with zero attached hydrogens (tertiary/aromatic N) is 8. The number of aromatic nitrogens is 7. The minimum atomic E-state index is -0.0950. The highest BCUT2D eigenvalue weighted by molar-refractivity contribution is 7.10. The molecule has 0 spiro atoms. The predicted molar refractivity (Wildman–Crippen MR) is 128 cm³/mol. The molecule has 2 aliphatic heterocycles. The predicted octanol–water partition coefficient (Wildman–Crippen LogP) is 2.87. The first kappa shape index (κ1) is 23.1. The highest BCUT2D eigenvalue weighted by Gasteiger charge is 2.42. The molecule has 0 unspecified atom stereocenters. The van der Waals surface area contributed by atoms with Crippen molar-refractivity contribution in [1.29, 1.82) is 0 Å². The lowest BCUT2D eigenvalue weighted by Crippen LogP contribution is -2.45. The third-order valence-electron chi connectivity index (χ3n) is 7.21. The second-order valence-corrected chi connectivity index (χ2v) is 10.7. The van der Waals surface area contributed by atoms with Crippen LogP contribution in [0.2, 0.25) is 0 Å². The van der Waals surface area contributed by atoms with Gasteiger partial charge in [0.05, 0.1) is 6.04 Å². The molecule has 34 heavy (non-hydrogen) atoms. The number of hydrogen-bond acceptors (Lipinski definition) is 8. The number of rotatable bonds is 9. The van der Waals surface area contributed by atoms with E-state index in [4.69, 9.17) is 0 Å². The number of fused-ring (bicyclic) bond motifs is 2. The van der Waals surface area contributed by atoms with E-state index in [9.17, 15) is 4.79 Å². The summed E-state index contributed by atoms with van der Waals surface area (Å²) >= 11 is 1.69. The molecular formula is C23H33N9OS. The number of aryl methyl sites for hydroxylation is 1. The number of carbonyl (C=O) groups is 1. The average Bonchev–Trinajstić information content (AvgIpc) is 3.60. The van der Waals surface area contributed by atoms with Gasteiger partial charge in [-0.05, 0) is 55.7 Å². The summed E-state index contributed by atoms with van der Waals surface area (Å²) in [6, 6.07) is 5.76. The van der Waals surface area contributed by atoms with E-state index in [0.717, 1.165) is 37.5 Å². The summed E-state index contributed by atoms with van der Waals surface area (Å²) in [5.41, 5.74) is 0. The van der Waals surface area contributed by atoms with Gasteiger partial charge in [0.2, 0.25) is 5.91 Å². The van der Waals surface area contributed by atoms with Crippen LogP contribution in [0.1, 0.15) is 80.5 Å². The van der Waals surface area contributed by atoms with Gasteiger partial charge in [-0.25, -0.2) is 0 Å². The van der Waals surface area contributed by atoms with Crippen molar-refractivity contribution < 1.29 is 4.79 Å². The number of piperidine rings is 1. The maximum Gasteiger partial charge on any atom is 0.244 e. The van der Waals surface area contributed by atoms with Crippen molar-refractivity contribution in [3.05, 3.63) is 40.4 Å². The van der Waals surface area contributed by atoms with E-state index in [1.165, 1.54) is 28.8 Å². The van der Waals surface area contributed by atoms with Crippen molar-refractivity contribution in [2.45, 2.75) is 89.5 Å². The summed E-state index contributed by atoms with van der Waals surface area (Å²) in [4.78, 5) is 17.8. The second kappa shape index (κ2) is 9.91. The van der Waals surface area contributed by atoms with Crippen LogP contribution in [0.5, 0.6) is 0 Å². The minimum Gasteiger partial charge on any atom is -0.347 e. The number of amides is 1. The van der Waals surface area contributed by atoms with Gasteiger partial charge in [0, 0.05) is 35.5 Å². The van der Waals surface area contributed by atoms with Crippen molar-refractivity contribution in [2.75, 3.05) is 6.54 Å². The summed E-state index contributed by atoms with van der Waals surface area (Å²) in [6.45, 7) is 7.53. The number of carbonyl (C=O) groups excluding carboxylic acids is 1. The summed E-state index contributed by atoms with van der Waals surface area (Å²) in [6.07, 6.45) is 7.00. The van der Waals surface area contributed by atoms with E-state index in [0.29, 0.717) is 24.0 Å². The molecule has 2 fully saturated rings. The molecular weight excluding hydrogens is 450 g/mol. The van der Waals surface area contributed by atoms with E-state index in [2.05, 4.69) is 72.6 Å². The van der Waals surface area contributed by atoms with E-state index in [1.807, 2.05) is 6.07 Å². The zero-order chi connectivity index (χ0) is 23.7. The fourth-order valence-corrected chi connectivity index (χ4v) is 6.55. The third kappa shape index (κ3) is 4.76. The molecule has 10 nitrogen and oxygen atoms in total. The van der Waals surface area contributed by atoms with Gasteiger partial charge in [0.25, 0.3) is 0 Å². The molecule has 11 heteroatoms. The molecule has 182 valence electrons. The van der Waals surface area contributed by atoms with Crippen LogP contribution in [0.3, 0.4) is 0 Å². The van der Waals surface area contributed by atoms with Crippen LogP contribution in [0.4, 0.5) is 0 Å². The Bertz CT molecular complexity index is 1060. The van der Waals surface area contributed by atoms with E-state index in [-0.39, 0.29) is 18.5 Å². The number of hydrogen-bond donors (Lipinski definition) is 1. The molecule has 5 heterocycles. The van der Waals surface area contributed by atoms with Crippen molar-refractivity contribution in [3.8, 4) is 0 Å². The molecule has 1 amide bonds. The SMILES string of the molecule is Cc1nnc(C(C)C)n1C1C[C@@H]2CC[C@@H](C1)N2CC[C@H](NC(=O)Cn1ncnn1)c1cccs1. The highest BCUT2D eigenvalue weighted by Crippen LogP contribution is 2.42. The van der Waals surface area contributed by atoms with E-state index in [1.54, 1.807) is 11.3 Å². The van der Waals surface area contributed by atoms with Crippen LogP contribution >= 0.6 is 11.3 Å². The average molecular weight is 484 g/mol. The van der Waals surface area contributed by atoms with Crippen molar-refractivity contribution in [2.24, 2.45) is 0 Å². The Balaban J connectivity index is 1.23. The second-order valence-electron chi connectivity index (χ2n) is 9.77. The summed E-state index contributed by atoms with van der Waals surface area (Å²) in [5.74, 6) is 2.42. The molecule has 2 aliphatic rings. The zero-order valence-electron chi connectivity index (χ0n) is 20.0. The standard InChI is InChI=1S/C23H33N9OS/c1-15(2)23-28-27-16(3)32(23)19-11-17-6-7-18(12-19)30(17)9-8-20(21-5-4-10-34-21)26-22(33)13-31-25-14-24-29-31/h4-5,10,14-15,17-20H,6-9,11-13H2,1-3H3,(H,26,33)/t17-,18-,20-/m0/s1. The Hall–Kier alpha value is -2.66. The van der Waals surface area contributed by atoms with Gasteiger partial charge in [0.1, 0.15) is 18.2 Å². The molecule has 0 saturated carbocycles. The van der Waals surface area contributed by atoms with Gasteiger partial charge in [-0.2, -0.15) is 4.80 Å². The Morgan fingerprint density at radius 2 is 2.00 bits per heavy atom. The molecule has 5 rings (SSSR count). The van der Waals surface area contributed by atoms with Crippen LogP contribution in [-0.4, -0.2) is 64.4 Å². The summed E-state index contributed by atoms with van der Waals surface area (Å²) in [5, 5.41) is 25.5. The monoisotopic (exact) mass is 483 g/mol. The zero-order valence-corrected chi connectivity index (χ0v) is 20.9. The smallest absolute Gasteiger partial charge is 0.244 e. The molecule has 3 aromatic rings. The Morgan fingerprint density at radius 3 is 2.65 bits per heavy atom. The fraction of sp³-hybridized carbons (Fsp3) is 0.652. The molecule has 2 bridgehead atoms. The lowest BCUT2D eigenvalue weighted by Gasteiger charge is -2.40. The van der Waals surface area contributed by atoms with Crippen LogP contribution < -0.4 is 5.32 Å². The van der Waals surface area contributed by atoms with Crippen molar-refractivity contribution in [1.82, 2.24) is 45.2 Å². The van der Waals surface area contributed by atoms with E-state index < -0.39 is 0 Å². The molecule has 3 aromatic heterocycles. The van der Waals surface area contributed by atoms with Crippen molar-refractivity contribution >= 4 is 17.2 Å². The summed E-state index contributed by atoms with van der Waals surface area (Å²) < 4.78 is 2.40. The largest absolute Gasteiger partial charge is 0.347 e. The quantitative estimate of drug-likeness (QED) is 0.499. The third-order valence-corrected chi connectivity index (χ3v) is 8.19. The Morgan fingerprint density at radius 1 is 1.21 bits per heavy atom. The van der Waals surface area contributed by atoms with Gasteiger partial charge in [-0.1, -0.05) is 19.9 Å². The number of thiophene rings is 1. The lowest BCUT2D eigenvalue weighted by atomic mass is 9.95. The van der Waals surface area contributed by atoms with Gasteiger partial charge in [0.15, 0.2) is 6.33 Å². The first-order chi connectivity index (χ1) is 16.5. The maximum absolute atomic E-state index is 12.6. The molecule has 1 N–H and O–H groups in total. The summed E-state index contributed by atoms with van der Waals surface area (Å²) in [7, 11) is 0. The van der Waals surface area contributed by atoms with Gasteiger partial charge in [-0.15, -0.1) is 31.7 Å². The number of nitrogens with one attached hydrogen (secondary N) is 1. The van der Waals surface area contributed by atoms with Crippen LogP contribution in [0.15, 0.2) is 23.8 Å². The van der Waals surface area contributed by atoms with Crippen LogP contribution in [0, 0.1) is 6.92 Å². The van der Waals surface area contributed by atoms with Gasteiger partial charge in [-0.3, -0.25) is 9.69 Å². The van der Waals surface area contributed by atoms with Gasteiger partial charge >= 0.3 is 0 Å².